The number of hydroxylamine groups is 2. The van der Waals surface area contributed by atoms with Crippen LogP contribution in [-0.4, -0.2) is 54.0 Å². The molecule has 1 atom stereocenters. The van der Waals surface area contributed by atoms with Crippen molar-refractivity contribution in [1.29, 1.82) is 0 Å². The molecule has 10 heteroatoms. The van der Waals surface area contributed by atoms with Gasteiger partial charge in [-0.3, -0.25) is 14.4 Å². The van der Waals surface area contributed by atoms with Crippen LogP contribution >= 0.6 is 0 Å². The molecule has 1 aliphatic heterocycles. The fraction of sp³-hybridized carbons (Fsp3) is 0.258. The van der Waals surface area contributed by atoms with E-state index in [9.17, 15) is 24.0 Å². The molecule has 4 amide bonds. The minimum Gasteiger partial charge on any atom is -0.449 e. The third kappa shape index (κ3) is 5.67. The third-order valence-electron chi connectivity index (χ3n) is 7.00. The average molecular weight is 556 g/mol. The molecule has 0 unspecified atom stereocenters. The summed E-state index contributed by atoms with van der Waals surface area (Å²) in [6.07, 6.45) is -0.602. The first-order chi connectivity index (χ1) is 19.7. The van der Waals surface area contributed by atoms with Gasteiger partial charge in [0.05, 0.1) is 11.1 Å². The molecule has 1 aliphatic carbocycles. The Morgan fingerprint density at radius 3 is 1.85 bits per heavy atom. The van der Waals surface area contributed by atoms with Crippen molar-refractivity contribution >= 4 is 29.8 Å². The number of benzene rings is 3. The van der Waals surface area contributed by atoms with Gasteiger partial charge in [-0.1, -0.05) is 79.6 Å². The van der Waals surface area contributed by atoms with E-state index in [4.69, 9.17) is 9.57 Å². The highest BCUT2D eigenvalue weighted by molar-refractivity contribution is 6.21. The van der Waals surface area contributed by atoms with Crippen LogP contribution in [0.15, 0.2) is 72.8 Å². The lowest BCUT2D eigenvalue weighted by Crippen LogP contribution is -2.48. The molecule has 41 heavy (non-hydrogen) atoms. The maximum absolute atomic E-state index is 12.9. The number of imide groups is 1. The van der Waals surface area contributed by atoms with Crippen LogP contribution in [0.3, 0.4) is 0 Å². The number of nitrogens with zero attached hydrogens (tertiary/aromatic N) is 1. The van der Waals surface area contributed by atoms with Crippen LogP contribution in [0.5, 0.6) is 0 Å². The standard InChI is InChI=1S/C31H29N3O7/c1-18(2)15-26(30(38)41-34-28(36)23-13-7-8-14-24(23)29(34)37)33-27(35)16-32-31(39)40-17-25-21-11-5-3-9-19(21)20-10-4-6-12-22(20)25/h3-14,18,25-26H,15-17H2,1-2H3,(H,32,39)(H,33,35)/t26-/m0/s1. The molecule has 0 bridgehead atoms. The summed E-state index contributed by atoms with van der Waals surface area (Å²) in [6.45, 7) is 3.31. The summed E-state index contributed by atoms with van der Waals surface area (Å²) < 4.78 is 5.45. The van der Waals surface area contributed by atoms with Crippen molar-refractivity contribution in [2.24, 2.45) is 5.92 Å². The van der Waals surface area contributed by atoms with Crippen LogP contribution in [0.2, 0.25) is 0 Å². The van der Waals surface area contributed by atoms with E-state index in [-0.39, 0.29) is 36.0 Å². The Balaban J connectivity index is 1.14. The molecule has 0 radical (unpaired) electrons. The Morgan fingerprint density at radius 1 is 0.805 bits per heavy atom. The smallest absolute Gasteiger partial charge is 0.407 e. The SMILES string of the molecule is CC(C)C[C@H](NC(=O)CNC(=O)OCC1c2ccccc2-c2ccccc21)C(=O)ON1C(=O)c2ccccc2C1=O. The number of nitrogens with one attached hydrogen (secondary N) is 2. The van der Waals surface area contributed by atoms with Crippen molar-refractivity contribution in [2.75, 3.05) is 13.2 Å². The van der Waals surface area contributed by atoms with Gasteiger partial charge in [0.15, 0.2) is 0 Å². The summed E-state index contributed by atoms with van der Waals surface area (Å²) in [5.41, 5.74) is 4.57. The average Bonchev–Trinajstić information content (AvgIpc) is 3.41. The minimum atomic E-state index is -1.16. The van der Waals surface area contributed by atoms with Crippen LogP contribution in [0.4, 0.5) is 4.79 Å². The first-order valence-corrected chi connectivity index (χ1v) is 13.3. The van der Waals surface area contributed by atoms with Crippen LogP contribution < -0.4 is 10.6 Å². The predicted octanol–water partition coefficient (Wildman–Crippen LogP) is 3.81. The van der Waals surface area contributed by atoms with Crippen LogP contribution in [0, 0.1) is 5.92 Å². The number of fused-ring (bicyclic) bond motifs is 4. The first-order valence-electron chi connectivity index (χ1n) is 13.3. The molecule has 0 saturated carbocycles. The number of amides is 4. The minimum absolute atomic E-state index is 0.0369. The summed E-state index contributed by atoms with van der Waals surface area (Å²) in [7, 11) is 0. The van der Waals surface area contributed by atoms with E-state index in [1.165, 1.54) is 12.1 Å². The van der Waals surface area contributed by atoms with Gasteiger partial charge in [0, 0.05) is 5.92 Å². The van der Waals surface area contributed by atoms with Gasteiger partial charge in [0.2, 0.25) is 5.91 Å². The van der Waals surface area contributed by atoms with E-state index in [0.717, 1.165) is 22.3 Å². The van der Waals surface area contributed by atoms with Gasteiger partial charge in [-0.15, -0.1) is 0 Å². The van der Waals surface area contributed by atoms with Gasteiger partial charge in [-0.2, -0.15) is 0 Å². The van der Waals surface area contributed by atoms with Crippen LogP contribution in [0.1, 0.15) is 58.0 Å². The van der Waals surface area contributed by atoms with Crippen molar-refractivity contribution in [3.63, 3.8) is 0 Å². The lowest BCUT2D eigenvalue weighted by Gasteiger charge is -2.21. The first kappa shape index (κ1) is 27.6. The number of hydrogen-bond acceptors (Lipinski definition) is 7. The van der Waals surface area contributed by atoms with Gasteiger partial charge >= 0.3 is 12.1 Å². The third-order valence-corrected chi connectivity index (χ3v) is 7.00. The molecule has 3 aromatic rings. The van der Waals surface area contributed by atoms with E-state index in [1.54, 1.807) is 12.1 Å². The van der Waals surface area contributed by atoms with Crippen molar-refractivity contribution in [2.45, 2.75) is 32.2 Å². The number of hydrogen-bond donors (Lipinski definition) is 2. The molecule has 1 heterocycles. The van der Waals surface area contributed by atoms with Crippen molar-refractivity contribution in [1.82, 2.24) is 15.7 Å². The highest BCUT2D eigenvalue weighted by Crippen LogP contribution is 2.44. The predicted molar refractivity (Wildman–Crippen MR) is 147 cm³/mol. The van der Waals surface area contributed by atoms with E-state index >= 15 is 0 Å². The molecule has 5 rings (SSSR count). The van der Waals surface area contributed by atoms with Crippen molar-refractivity contribution < 1.29 is 33.5 Å². The number of carbonyl (C=O) groups is 5. The molecule has 2 aliphatic rings. The molecule has 0 fully saturated rings. The summed E-state index contributed by atoms with van der Waals surface area (Å²) in [4.78, 5) is 68.2. The highest BCUT2D eigenvalue weighted by atomic mass is 16.7. The lowest BCUT2D eigenvalue weighted by atomic mass is 9.98. The number of alkyl carbamates (subject to hydrolysis) is 1. The molecule has 210 valence electrons. The second-order valence-electron chi connectivity index (χ2n) is 10.3. The second-order valence-corrected chi connectivity index (χ2v) is 10.3. The molecular formula is C31H29N3O7. The van der Waals surface area contributed by atoms with Gasteiger partial charge in [0.25, 0.3) is 11.8 Å². The Morgan fingerprint density at radius 2 is 1.32 bits per heavy atom. The number of carbonyl (C=O) groups excluding carboxylic acids is 5. The zero-order valence-corrected chi connectivity index (χ0v) is 22.6. The molecule has 10 nitrogen and oxygen atoms in total. The summed E-state index contributed by atoms with van der Waals surface area (Å²) in [6, 6.07) is 20.9. The fourth-order valence-electron chi connectivity index (χ4n) is 5.14. The molecule has 0 saturated heterocycles. The Bertz CT molecular complexity index is 1450. The Kier molecular flexibility index (Phi) is 7.82. The van der Waals surface area contributed by atoms with Crippen LogP contribution in [-0.2, 0) is 19.2 Å². The summed E-state index contributed by atoms with van der Waals surface area (Å²) in [5.74, 6) is -3.32. The van der Waals surface area contributed by atoms with E-state index in [0.29, 0.717) is 5.06 Å². The number of rotatable bonds is 9. The normalized spacial score (nSPS) is 14.3. The largest absolute Gasteiger partial charge is 0.449 e. The van der Waals surface area contributed by atoms with Crippen molar-refractivity contribution in [3.8, 4) is 11.1 Å². The zero-order valence-electron chi connectivity index (χ0n) is 22.6. The fourth-order valence-corrected chi connectivity index (χ4v) is 5.14. The quantitative estimate of drug-likeness (QED) is 0.384. The van der Waals surface area contributed by atoms with Gasteiger partial charge in [-0.05, 0) is 46.7 Å². The van der Waals surface area contributed by atoms with E-state index < -0.39 is 42.4 Å². The maximum Gasteiger partial charge on any atom is 0.407 e. The molecule has 0 spiro atoms. The van der Waals surface area contributed by atoms with Gasteiger partial charge < -0.3 is 20.2 Å². The lowest BCUT2D eigenvalue weighted by molar-refractivity contribution is -0.172. The zero-order chi connectivity index (χ0) is 29.1. The Hall–Kier alpha value is -4.99. The van der Waals surface area contributed by atoms with Crippen molar-refractivity contribution in [3.05, 3.63) is 95.1 Å². The van der Waals surface area contributed by atoms with Crippen LogP contribution in [0.25, 0.3) is 11.1 Å². The highest BCUT2D eigenvalue weighted by Gasteiger charge is 2.40. The summed E-state index contributed by atoms with van der Waals surface area (Å²) >= 11 is 0. The molecule has 2 N–H and O–H groups in total. The molecule has 3 aromatic carbocycles. The van der Waals surface area contributed by atoms with Gasteiger partial charge in [-0.25, -0.2) is 9.59 Å². The topological polar surface area (TPSA) is 131 Å². The molecular weight excluding hydrogens is 526 g/mol. The number of ether oxygens (including phenoxy) is 1. The monoisotopic (exact) mass is 555 g/mol. The Labute approximate surface area is 236 Å². The second kappa shape index (κ2) is 11.6. The van der Waals surface area contributed by atoms with E-state index in [2.05, 4.69) is 10.6 Å². The van der Waals surface area contributed by atoms with Gasteiger partial charge in [0.1, 0.15) is 19.2 Å². The maximum atomic E-state index is 12.9. The summed E-state index contributed by atoms with van der Waals surface area (Å²) in [5, 5.41) is 5.33. The van der Waals surface area contributed by atoms with E-state index in [1.807, 2.05) is 62.4 Å². The molecule has 0 aromatic heterocycles.